The van der Waals surface area contributed by atoms with Crippen LogP contribution in [0.5, 0.6) is 5.75 Å². The second-order valence-corrected chi connectivity index (χ2v) is 5.67. The number of unbranched alkanes of at least 4 members (excludes halogenated alkanes) is 1. The van der Waals surface area contributed by atoms with Crippen molar-refractivity contribution in [2.45, 2.75) is 26.7 Å². The van der Waals surface area contributed by atoms with Crippen LogP contribution in [-0.4, -0.2) is 25.1 Å². The predicted molar refractivity (Wildman–Crippen MR) is 93.3 cm³/mol. The fourth-order valence-electron chi connectivity index (χ4n) is 2.23. The maximum absolute atomic E-state index is 12.7. The van der Waals surface area contributed by atoms with Crippen molar-refractivity contribution in [1.29, 1.82) is 0 Å². The maximum atomic E-state index is 12.7. The van der Waals surface area contributed by atoms with Crippen molar-refractivity contribution < 1.29 is 23.1 Å². The summed E-state index contributed by atoms with van der Waals surface area (Å²) < 4.78 is 23.5. The van der Waals surface area contributed by atoms with E-state index in [1.165, 1.54) is 12.1 Å². The first kappa shape index (κ1) is 19.3. The van der Waals surface area contributed by atoms with Gasteiger partial charge in [0, 0.05) is 6.54 Å². The molecule has 3 N–H and O–H groups in total. The van der Waals surface area contributed by atoms with Gasteiger partial charge in [-0.05, 0) is 57.0 Å². The first-order valence-electron chi connectivity index (χ1n) is 8.25. The minimum atomic E-state index is -0.504. The minimum absolute atomic E-state index is 0.308. The lowest BCUT2D eigenvalue weighted by Crippen LogP contribution is -2.47. The molecule has 0 saturated heterocycles. The summed E-state index contributed by atoms with van der Waals surface area (Å²) in [7, 11) is 0. The van der Waals surface area contributed by atoms with Gasteiger partial charge in [0.1, 0.15) is 23.1 Å². The molecule has 8 heteroatoms. The number of furan rings is 1. The number of carbonyl (C=O) groups excluding carboxylic acids is 2. The van der Waals surface area contributed by atoms with E-state index in [-0.39, 0.29) is 5.82 Å². The molecule has 0 fully saturated rings. The highest BCUT2D eigenvalue weighted by Gasteiger charge is 2.13. The zero-order chi connectivity index (χ0) is 18.9. The van der Waals surface area contributed by atoms with Crippen LogP contribution in [-0.2, 0) is 0 Å². The van der Waals surface area contributed by atoms with Crippen LogP contribution >= 0.6 is 0 Å². The molecule has 0 bridgehead atoms. The van der Waals surface area contributed by atoms with Crippen molar-refractivity contribution in [3.05, 3.63) is 53.2 Å². The molecule has 1 heterocycles. The van der Waals surface area contributed by atoms with Crippen LogP contribution in [0, 0.1) is 19.7 Å². The number of ether oxygens (including phenoxy) is 1. The molecule has 0 aliphatic carbocycles. The van der Waals surface area contributed by atoms with E-state index in [2.05, 4.69) is 16.2 Å². The lowest BCUT2D eigenvalue weighted by atomic mass is 10.2. The normalized spacial score (nSPS) is 10.3. The number of hydrogen-bond donors (Lipinski definition) is 3. The van der Waals surface area contributed by atoms with E-state index in [9.17, 15) is 14.0 Å². The Bertz CT molecular complexity index is 743. The summed E-state index contributed by atoms with van der Waals surface area (Å²) in [5, 5.41) is 2.62. The second kappa shape index (κ2) is 9.45. The number of halogens is 1. The molecule has 0 unspecified atom stereocenters. The molecule has 0 radical (unpaired) electrons. The third kappa shape index (κ3) is 6.12. The number of carbonyl (C=O) groups is 2. The molecule has 0 atom stereocenters. The van der Waals surface area contributed by atoms with Crippen molar-refractivity contribution in [1.82, 2.24) is 16.2 Å². The van der Waals surface area contributed by atoms with Gasteiger partial charge in [0.25, 0.3) is 5.91 Å². The highest BCUT2D eigenvalue weighted by molar-refractivity contribution is 5.96. The van der Waals surface area contributed by atoms with Crippen molar-refractivity contribution >= 4 is 11.9 Å². The van der Waals surface area contributed by atoms with Crippen LogP contribution in [0.1, 0.15) is 34.7 Å². The van der Waals surface area contributed by atoms with Crippen molar-refractivity contribution in [2.75, 3.05) is 13.2 Å². The lowest BCUT2D eigenvalue weighted by molar-refractivity contribution is 0.0934. The first-order chi connectivity index (χ1) is 12.5. The highest BCUT2D eigenvalue weighted by Crippen LogP contribution is 2.13. The summed E-state index contributed by atoms with van der Waals surface area (Å²) in [5.41, 5.74) is 4.97. The van der Waals surface area contributed by atoms with E-state index < -0.39 is 11.9 Å². The van der Waals surface area contributed by atoms with Crippen molar-refractivity contribution in [3.8, 4) is 5.75 Å². The van der Waals surface area contributed by atoms with Crippen molar-refractivity contribution in [2.24, 2.45) is 0 Å². The summed E-state index contributed by atoms with van der Waals surface area (Å²) >= 11 is 0. The van der Waals surface area contributed by atoms with Gasteiger partial charge in [-0.25, -0.2) is 14.6 Å². The Morgan fingerprint density at radius 3 is 2.50 bits per heavy atom. The van der Waals surface area contributed by atoms with Crippen LogP contribution in [0.15, 0.2) is 34.7 Å². The summed E-state index contributed by atoms with van der Waals surface area (Å²) in [4.78, 5) is 23.5. The second-order valence-electron chi connectivity index (χ2n) is 5.67. The number of hydrogen-bond acceptors (Lipinski definition) is 4. The fourth-order valence-corrected chi connectivity index (χ4v) is 2.23. The van der Waals surface area contributed by atoms with E-state index in [0.29, 0.717) is 42.4 Å². The Kier molecular flexibility index (Phi) is 7.02. The van der Waals surface area contributed by atoms with E-state index in [1.807, 2.05) is 0 Å². The average molecular weight is 363 g/mol. The number of benzene rings is 1. The Morgan fingerprint density at radius 2 is 1.85 bits per heavy atom. The van der Waals surface area contributed by atoms with Crippen LogP contribution in [0.3, 0.4) is 0 Å². The zero-order valence-electron chi connectivity index (χ0n) is 14.7. The monoisotopic (exact) mass is 363 g/mol. The first-order valence-corrected chi connectivity index (χ1v) is 8.25. The Hall–Kier alpha value is -3.03. The summed E-state index contributed by atoms with van der Waals surface area (Å²) in [6.07, 6.45) is 1.42. The third-order valence-corrected chi connectivity index (χ3v) is 3.51. The lowest BCUT2D eigenvalue weighted by Gasteiger charge is -2.09. The zero-order valence-corrected chi connectivity index (χ0v) is 14.7. The van der Waals surface area contributed by atoms with Crippen LogP contribution in [0.25, 0.3) is 0 Å². The summed E-state index contributed by atoms with van der Waals surface area (Å²) in [6, 6.07) is 6.89. The maximum Gasteiger partial charge on any atom is 0.333 e. The van der Waals surface area contributed by atoms with Gasteiger partial charge in [-0.2, -0.15) is 0 Å². The highest BCUT2D eigenvalue weighted by atomic mass is 19.1. The molecule has 7 nitrogen and oxygen atoms in total. The van der Waals surface area contributed by atoms with Gasteiger partial charge < -0.3 is 14.5 Å². The van der Waals surface area contributed by atoms with Gasteiger partial charge in [-0.3, -0.25) is 10.2 Å². The molecule has 1 aromatic heterocycles. The molecule has 2 rings (SSSR count). The standard InChI is InChI=1S/C18H22FN3O4/c1-12-11-16(13(2)26-12)17(23)21-22-18(24)20-9-3-4-10-25-15-7-5-14(19)6-8-15/h5-8,11H,3-4,9-10H2,1-2H3,(H,21,23)(H2,20,22,24). The van der Waals surface area contributed by atoms with E-state index in [4.69, 9.17) is 9.15 Å². The predicted octanol–water partition coefficient (Wildman–Crippen LogP) is 2.84. The van der Waals surface area contributed by atoms with Crippen LogP contribution < -0.4 is 20.9 Å². The number of hydrazine groups is 1. The van der Waals surface area contributed by atoms with Gasteiger partial charge in [0.15, 0.2) is 0 Å². The van der Waals surface area contributed by atoms with Crippen molar-refractivity contribution in [3.63, 3.8) is 0 Å². The Morgan fingerprint density at radius 1 is 1.12 bits per heavy atom. The van der Waals surface area contributed by atoms with Gasteiger partial charge in [0.2, 0.25) is 0 Å². The fraction of sp³-hybridized carbons (Fsp3) is 0.333. The summed E-state index contributed by atoms with van der Waals surface area (Å²) in [5.74, 6) is 0.966. The number of rotatable bonds is 7. The summed E-state index contributed by atoms with van der Waals surface area (Å²) in [6.45, 7) is 4.31. The van der Waals surface area contributed by atoms with E-state index in [1.54, 1.807) is 32.0 Å². The van der Waals surface area contributed by atoms with E-state index in [0.717, 1.165) is 6.42 Å². The van der Waals surface area contributed by atoms with Gasteiger partial charge >= 0.3 is 6.03 Å². The molecule has 1 aromatic carbocycles. The molecule has 140 valence electrons. The number of aryl methyl sites for hydroxylation is 2. The quantitative estimate of drug-likeness (QED) is 0.521. The SMILES string of the molecule is Cc1cc(C(=O)NNC(=O)NCCCCOc2ccc(F)cc2)c(C)o1. The largest absolute Gasteiger partial charge is 0.494 e. The molecular formula is C18H22FN3O4. The minimum Gasteiger partial charge on any atom is -0.494 e. The Balaban J connectivity index is 1.55. The average Bonchev–Trinajstić information content (AvgIpc) is 2.95. The number of urea groups is 1. The van der Waals surface area contributed by atoms with Gasteiger partial charge in [-0.15, -0.1) is 0 Å². The van der Waals surface area contributed by atoms with E-state index >= 15 is 0 Å². The smallest absolute Gasteiger partial charge is 0.333 e. The molecule has 0 aliphatic rings. The molecule has 0 saturated carbocycles. The molecule has 0 aliphatic heterocycles. The van der Waals surface area contributed by atoms with Crippen LogP contribution in [0.2, 0.25) is 0 Å². The molecule has 0 spiro atoms. The van der Waals surface area contributed by atoms with Crippen LogP contribution in [0.4, 0.5) is 9.18 Å². The topological polar surface area (TPSA) is 92.6 Å². The van der Waals surface area contributed by atoms with Gasteiger partial charge in [0.05, 0.1) is 12.2 Å². The molecular weight excluding hydrogens is 341 g/mol. The number of nitrogens with one attached hydrogen (secondary N) is 3. The third-order valence-electron chi connectivity index (χ3n) is 3.51. The Labute approximate surface area is 150 Å². The molecule has 2 aromatic rings. The molecule has 26 heavy (non-hydrogen) atoms. The number of amides is 3. The van der Waals surface area contributed by atoms with Gasteiger partial charge in [-0.1, -0.05) is 0 Å². The molecule has 3 amide bonds.